The predicted molar refractivity (Wildman–Crippen MR) is 103 cm³/mol. The molecule has 3 N–H and O–H groups in total. The minimum Gasteiger partial charge on any atom is -0.353 e. The van der Waals surface area contributed by atoms with E-state index in [-0.39, 0.29) is 35.7 Å². The van der Waals surface area contributed by atoms with Crippen molar-refractivity contribution >= 4 is 21.8 Å². The van der Waals surface area contributed by atoms with Crippen molar-refractivity contribution in [2.75, 3.05) is 19.6 Å². The summed E-state index contributed by atoms with van der Waals surface area (Å²) in [5.74, 6) is 1.50. The van der Waals surface area contributed by atoms with Gasteiger partial charge >= 0.3 is 0 Å². The van der Waals surface area contributed by atoms with Crippen LogP contribution in [0.2, 0.25) is 0 Å². The number of piperazine rings is 1. The molecule has 3 atom stereocenters. The summed E-state index contributed by atoms with van der Waals surface area (Å²) in [6, 6.07) is 3.58. The SMILES string of the molecule is C#CCNC(=O)CC[C@@H]1CNC(=O)[C@@H]2C[C@H](NS(=O)(=O)c3ccc(F)cc3)CN12. The third-order valence-corrected chi connectivity index (χ3v) is 6.70. The molecule has 0 saturated carbocycles. The van der Waals surface area contributed by atoms with E-state index in [1.54, 1.807) is 0 Å². The van der Waals surface area contributed by atoms with Crippen LogP contribution in [0.3, 0.4) is 0 Å². The molecule has 0 unspecified atom stereocenters. The van der Waals surface area contributed by atoms with Crippen molar-refractivity contribution < 1.29 is 22.4 Å². The van der Waals surface area contributed by atoms with Crippen molar-refractivity contribution in [3.8, 4) is 12.3 Å². The van der Waals surface area contributed by atoms with Crippen LogP contribution < -0.4 is 15.4 Å². The maximum absolute atomic E-state index is 13.1. The number of hydrogen-bond donors (Lipinski definition) is 3. The van der Waals surface area contributed by atoms with Crippen molar-refractivity contribution in [3.05, 3.63) is 30.1 Å². The number of hydrogen-bond acceptors (Lipinski definition) is 5. The minimum absolute atomic E-state index is 0.0324. The molecule has 0 aromatic heterocycles. The predicted octanol–water partition coefficient (Wildman–Crippen LogP) is -0.425. The van der Waals surface area contributed by atoms with Crippen LogP contribution in [0.5, 0.6) is 0 Å². The van der Waals surface area contributed by atoms with Crippen LogP contribution in [-0.2, 0) is 19.6 Å². The van der Waals surface area contributed by atoms with Crippen molar-refractivity contribution in [1.82, 2.24) is 20.3 Å². The third kappa shape index (κ3) is 5.12. The van der Waals surface area contributed by atoms with Gasteiger partial charge in [0.05, 0.1) is 17.5 Å². The first kappa shape index (κ1) is 21.2. The molecule has 2 saturated heterocycles. The first-order chi connectivity index (χ1) is 13.8. The van der Waals surface area contributed by atoms with E-state index < -0.39 is 27.9 Å². The average Bonchev–Trinajstić information content (AvgIpc) is 3.10. The average molecular weight is 422 g/mol. The minimum atomic E-state index is -3.83. The number of nitrogens with one attached hydrogen (secondary N) is 3. The molecule has 10 heteroatoms. The lowest BCUT2D eigenvalue weighted by atomic mass is 10.0. The van der Waals surface area contributed by atoms with Crippen molar-refractivity contribution in [2.24, 2.45) is 0 Å². The van der Waals surface area contributed by atoms with Gasteiger partial charge in [0.1, 0.15) is 5.82 Å². The zero-order chi connectivity index (χ0) is 21.0. The van der Waals surface area contributed by atoms with E-state index in [4.69, 9.17) is 6.42 Å². The van der Waals surface area contributed by atoms with Gasteiger partial charge in [-0.1, -0.05) is 5.92 Å². The number of nitrogens with zero attached hydrogens (tertiary/aromatic N) is 1. The van der Waals surface area contributed by atoms with Crippen molar-refractivity contribution in [1.29, 1.82) is 0 Å². The Hall–Kier alpha value is -2.48. The molecule has 2 amide bonds. The van der Waals surface area contributed by atoms with E-state index in [2.05, 4.69) is 21.3 Å². The third-order valence-electron chi connectivity index (χ3n) is 5.16. The van der Waals surface area contributed by atoms with Crippen LogP contribution in [0.15, 0.2) is 29.2 Å². The fraction of sp³-hybridized carbons (Fsp3) is 0.474. The molecule has 0 bridgehead atoms. The zero-order valence-electron chi connectivity index (χ0n) is 15.7. The molecular formula is C19H23FN4O4S. The highest BCUT2D eigenvalue weighted by atomic mass is 32.2. The normalized spacial score (nSPS) is 24.4. The number of rotatable bonds is 7. The lowest BCUT2D eigenvalue weighted by Crippen LogP contribution is -2.58. The molecule has 2 aliphatic heterocycles. The van der Waals surface area contributed by atoms with Crippen LogP contribution in [0.1, 0.15) is 19.3 Å². The standard InChI is InChI=1S/C19H23FN4O4S/c1-2-9-21-18(25)8-5-15-11-22-19(26)17-10-14(12-24(15)17)23-29(27,28)16-6-3-13(20)4-7-16/h1,3-4,6-7,14-15,17,23H,5,8-12H2,(H,21,25)(H,22,26)/t14-,15+,17-/m0/s1. The number of sulfonamides is 1. The van der Waals surface area contributed by atoms with Gasteiger partial charge in [0, 0.05) is 31.6 Å². The lowest BCUT2D eigenvalue weighted by Gasteiger charge is -2.37. The van der Waals surface area contributed by atoms with Gasteiger partial charge in [0.25, 0.3) is 0 Å². The summed E-state index contributed by atoms with van der Waals surface area (Å²) in [6.45, 7) is 0.921. The Morgan fingerprint density at radius 3 is 2.76 bits per heavy atom. The highest BCUT2D eigenvalue weighted by Crippen LogP contribution is 2.26. The fourth-order valence-electron chi connectivity index (χ4n) is 3.77. The van der Waals surface area contributed by atoms with E-state index in [9.17, 15) is 22.4 Å². The molecule has 0 aliphatic carbocycles. The van der Waals surface area contributed by atoms with E-state index in [1.165, 1.54) is 12.1 Å². The Balaban J connectivity index is 1.63. The highest BCUT2D eigenvalue weighted by Gasteiger charge is 2.44. The van der Waals surface area contributed by atoms with E-state index in [0.29, 0.717) is 25.9 Å². The summed E-state index contributed by atoms with van der Waals surface area (Å²) >= 11 is 0. The molecule has 2 aliphatic rings. The first-order valence-corrected chi connectivity index (χ1v) is 10.8. The Morgan fingerprint density at radius 2 is 2.07 bits per heavy atom. The summed E-state index contributed by atoms with van der Waals surface area (Å²) in [4.78, 5) is 26.0. The van der Waals surface area contributed by atoms with Gasteiger partial charge in [-0.15, -0.1) is 6.42 Å². The Bertz CT molecular complexity index is 913. The molecule has 0 radical (unpaired) electrons. The Kier molecular flexibility index (Phi) is 6.52. The number of carbonyl (C=O) groups is 2. The largest absolute Gasteiger partial charge is 0.353 e. The topological polar surface area (TPSA) is 108 Å². The quantitative estimate of drug-likeness (QED) is 0.517. The maximum Gasteiger partial charge on any atom is 0.240 e. The fourth-order valence-corrected chi connectivity index (χ4v) is 5.01. The highest BCUT2D eigenvalue weighted by molar-refractivity contribution is 7.89. The summed E-state index contributed by atoms with van der Waals surface area (Å²) in [7, 11) is -3.83. The summed E-state index contributed by atoms with van der Waals surface area (Å²) in [5, 5.41) is 5.43. The summed E-state index contributed by atoms with van der Waals surface area (Å²) < 4.78 is 40.8. The van der Waals surface area contributed by atoms with Crippen LogP contribution in [-0.4, -0.2) is 62.9 Å². The number of amides is 2. The molecule has 3 rings (SSSR count). The number of carbonyl (C=O) groups excluding carboxylic acids is 2. The lowest BCUT2D eigenvalue weighted by molar-refractivity contribution is -0.129. The van der Waals surface area contributed by atoms with Gasteiger partial charge < -0.3 is 10.6 Å². The molecule has 0 spiro atoms. The van der Waals surface area contributed by atoms with E-state index >= 15 is 0 Å². The van der Waals surface area contributed by atoms with Gasteiger partial charge in [-0.3, -0.25) is 14.5 Å². The van der Waals surface area contributed by atoms with Crippen molar-refractivity contribution in [3.63, 3.8) is 0 Å². The summed E-state index contributed by atoms with van der Waals surface area (Å²) in [6.07, 6.45) is 6.23. The molecule has 29 heavy (non-hydrogen) atoms. The second-order valence-corrected chi connectivity index (χ2v) is 8.85. The summed E-state index contributed by atoms with van der Waals surface area (Å²) in [5.41, 5.74) is 0. The number of benzene rings is 1. The van der Waals surface area contributed by atoms with Gasteiger partial charge in [0.15, 0.2) is 0 Å². The maximum atomic E-state index is 13.1. The van der Waals surface area contributed by atoms with Gasteiger partial charge in [-0.05, 0) is 37.1 Å². The van der Waals surface area contributed by atoms with Crippen molar-refractivity contribution in [2.45, 2.75) is 42.3 Å². The van der Waals surface area contributed by atoms with Crippen LogP contribution in [0.25, 0.3) is 0 Å². The van der Waals surface area contributed by atoms with E-state index in [0.717, 1.165) is 12.1 Å². The van der Waals surface area contributed by atoms with Crippen LogP contribution in [0.4, 0.5) is 4.39 Å². The molecule has 2 heterocycles. The second kappa shape index (κ2) is 8.90. The number of halogens is 1. The molecule has 156 valence electrons. The molecule has 1 aromatic rings. The Labute approximate surface area is 169 Å². The van der Waals surface area contributed by atoms with Gasteiger partial charge in [-0.25, -0.2) is 17.5 Å². The molecule has 2 fully saturated rings. The smallest absolute Gasteiger partial charge is 0.240 e. The molecular weight excluding hydrogens is 399 g/mol. The monoisotopic (exact) mass is 422 g/mol. The second-order valence-electron chi connectivity index (χ2n) is 7.14. The van der Waals surface area contributed by atoms with Crippen LogP contribution >= 0.6 is 0 Å². The van der Waals surface area contributed by atoms with Gasteiger partial charge in [-0.2, -0.15) is 0 Å². The number of terminal acetylenes is 1. The van der Waals surface area contributed by atoms with Crippen LogP contribution in [0, 0.1) is 18.2 Å². The van der Waals surface area contributed by atoms with Gasteiger partial charge in [0.2, 0.25) is 21.8 Å². The number of fused-ring (bicyclic) bond motifs is 1. The zero-order valence-corrected chi connectivity index (χ0v) is 16.5. The first-order valence-electron chi connectivity index (χ1n) is 9.31. The van der Waals surface area contributed by atoms with E-state index in [1.807, 2.05) is 4.90 Å². The Morgan fingerprint density at radius 1 is 1.34 bits per heavy atom. The molecule has 1 aromatic carbocycles. The molecule has 8 nitrogen and oxygen atoms in total.